The summed E-state index contributed by atoms with van der Waals surface area (Å²) in [5.41, 5.74) is -0.0960. The molecule has 0 aromatic carbocycles. The lowest BCUT2D eigenvalue weighted by Gasteiger charge is -2.21. The molecular weight excluding hydrogens is 445 g/mol. The van der Waals surface area contributed by atoms with E-state index >= 15 is 0 Å². The van der Waals surface area contributed by atoms with Gasteiger partial charge in [-0.2, -0.15) is 0 Å². The Morgan fingerprint density at radius 3 is 2.54 bits per heavy atom. The predicted molar refractivity (Wildman–Crippen MR) is 117 cm³/mol. The van der Waals surface area contributed by atoms with E-state index in [0.29, 0.717) is 19.6 Å². The molecule has 2 N–H and O–H groups in total. The zero-order chi connectivity index (χ0) is 18.4. The molecule has 0 bridgehead atoms. The molecule has 0 aliphatic carbocycles. The van der Waals surface area contributed by atoms with Crippen LogP contribution in [0.1, 0.15) is 72.1 Å². The van der Waals surface area contributed by atoms with Crippen LogP contribution in [0.4, 0.5) is 0 Å². The first-order chi connectivity index (χ1) is 12.1. The number of esters is 1. The number of carbonyl (C=O) groups is 1. The van der Waals surface area contributed by atoms with Gasteiger partial charge in [0.2, 0.25) is 0 Å². The van der Waals surface area contributed by atoms with Crippen LogP contribution >= 0.6 is 24.0 Å². The zero-order valence-electron chi connectivity index (χ0n) is 16.8. The number of nitrogens with zero attached hydrogens (tertiary/aromatic N) is 1. The molecule has 1 heterocycles. The Morgan fingerprint density at radius 1 is 1.15 bits per heavy atom. The molecule has 26 heavy (non-hydrogen) atoms. The highest BCUT2D eigenvalue weighted by atomic mass is 127. The number of unbranched alkanes of at least 4 members (excludes halogenated alkanes) is 4. The van der Waals surface area contributed by atoms with Crippen LogP contribution in [0.3, 0.4) is 0 Å². The van der Waals surface area contributed by atoms with Gasteiger partial charge in [0.1, 0.15) is 0 Å². The summed E-state index contributed by atoms with van der Waals surface area (Å²) in [6.45, 7) is 9.88. The average Bonchev–Trinajstić information content (AvgIpc) is 3.02. The summed E-state index contributed by atoms with van der Waals surface area (Å²) in [6.07, 6.45) is 8.20. The molecule has 1 aliphatic heterocycles. The maximum absolute atomic E-state index is 11.2. The molecule has 6 nitrogen and oxygen atoms in total. The number of halogens is 1. The van der Waals surface area contributed by atoms with Crippen molar-refractivity contribution in [2.75, 3.05) is 32.8 Å². The van der Waals surface area contributed by atoms with Crippen LogP contribution in [0.2, 0.25) is 0 Å². The number of aliphatic imine (C=N–C) groups is 1. The topological polar surface area (TPSA) is 72.0 Å². The molecule has 1 fully saturated rings. The lowest BCUT2D eigenvalue weighted by atomic mass is 10.0. The van der Waals surface area contributed by atoms with Gasteiger partial charge in [0.15, 0.2) is 5.96 Å². The van der Waals surface area contributed by atoms with Gasteiger partial charge in [-0.1, -0.05) is 19.3 Å². The highest BCUT2D eigenvalue weighted by Crippen LogP contribution is 2.24. The van der Waals surface area contributed by atoms with E-state index in [9.17, 15) is 4.79 Å². The third kappa shape index (κ3) is 11.9. The number of nitrogens with one attached hydrogen (secondary N) is 2. The van der Waals surface area contributed by atoms with E-state index < -0.39 is 0 Å². The van der Waals surface area contributed by atoms with Crippen molar-refractivity contribution in [3.05, 3.63) is 0 Å². The molecule has 1 atom stereocenters. The first-order valence-corrected chi connectivity index (χ1v) is 9.91. The van der Waals surface area contributed by atoms with E-state index in [-0.39, 0.29) is 35.5 Å². The van der Waals surface area contributed by atoms with Crippen molar-refractivity contribution in [1.82, 2.24) is 10.6 Å². The summed E-state index contributed by atoms with van der Waals surface area (Å²) in [5, 5.41) is 6.69. The fourth-order valence-electron chi connectivity index (χ4n) is 2.91. The van der Waals surface area contributed by atoms with Crippen molar-refractivity contribution < 1.29 is 14.3 Å². The predicted octanol–water partition coefficient (Wildman–Crippen LogP) is 3.63. The van der Waals surface area contributed by atoms with E-state index in [1.165, 1.54) is 0 Å². The number of carbonyl (C=O) groups excluding carboxylic acids is 1. The Kier molecular flexibility index (Phi) is 15.1. The minimum Gasteiger partial charge on any atom is -0.466 e. The fraction of sp³-hybridized carbons (Fsp3) is 0.895. The molecule has 1 aliphatic rings. The molecule has 1 rings (SSSR count). The van der Waals surface area contributed by atoms with Crippen molar-refractivity contribution in [3.63, 3.8) is 0 Å². The Bertz CT molecular complexity index is 399. The standard InChI is InChI=1S/C19H37N3O3.HI/c1-4-20-18(22-16-19(3)13-11-15-25-19)21-14-10-8-6-7-9-12-17(23)24-5-2;/h4-16H2,1-3H3,(H2,20,21,22);1H. The summed E-state index contributed by atoms with van der Waals surface area (Å²) >= 11 is 0. The number of rotatable bonds is 12. The number of guanidine groups is 1. The number of ether oxygens (including phenoxy) is 2. The maximum Gasteiger partial charge on any atom is 0.305 e. The molecule has 1 unspecified atom stereocenters. The van der Waals surface area contributed by atoms with Gasteiger partial charge in [-0.05, 0) is 46.5 Å². The van der Waals surface area contributed by atoms with Crippen LogP contribution in [-0.4, -0.2) is 50.4 Å². The smallest absolute Gasteiger partial charge is 0.305 e. The quantitative estimate of drug-likeness (QED) is 0.146. The van der Waals surface area contributed by atoms with Crippen molar-refractivity contribution in [1.29, 1.82) is 0 Å². The monoisotopic (exact) mass is 483 g/mol. The normalized spacial score (nSPS) is 19.7. The van der Waals surface area contributed by atoms with Crippen LogP contribution in [0, 0.1) is 0 Å². The van der Waals surface area contributed by atoms with E-state index in [2.05, 4.69) is 29.5 Å². The largest absolute Gasteiger partial charge is 0.466 e. The second kappa shape index (κ2) is 15.5. The molecule has 7 heteroatoms. The van der Waals surface area contributed by atoms with Crippen molar-refractivity contribution in [3.8, 4) is 0 Å². The first kappa shape index (κ1) is 25.4. The van der Waals surface area contributed by atoms with Crippen LogP contribution in [0.5, 0.6) is 0 Å². The summed E-state index contributed by atoms with van der Waals surface area (Å²) in [7, 11) is 0. The SMILES string of the molecule is CCNC(=NCC1(C)CCCO1)NCCCCCCCC(=O)OCC.I. The van der Waals surface area contributed by atoms with Gasteiger partial charge < -0.3 is 20.1 Å². The maximum atomic E-state index is 11.2. The van der Waals surface area contributed by atoms with Gasteiger partial charge in [-0.15, -0.1) is 24.0 Å². The van der Waals surface area contributed by atoms with Gasteiger partial charge in [0.25, 0.3) is 0 Å². The molecule has 1 saturated heterocycles. The van der Waals surface area contributed by atoms with E-state index in [1.54, 1.807) is 0 Å². The molecular formula is C19H38IN3O3. The minimum atomic E-state index is -0.0960. The molecule has 0 amide bonds. The molecule has 0 saturated carbocycles. The fourth-order valence-corrected chi connectivity index (χ4v) is 2.91. The summed E-state index contributed by atoms with van der Waals surface area (Å²) < 4.78 is 10.7. The van der Waals surface area contributed by atoms with E-state index in [0.717, 1.165) is 70.6 Å². The molecule has 0 radical (unpaired) electrons. The van der Waals surface area contributed by atoms with Crippen molar-refractivity contribution in [2.45, 2.75) is 77.7 Å². The van der Waals surface area contributed by atoms with Crippen LogP contribution in [-0.2, 0) is 14.3 Å². The minimum absolute atomic E-state index is 0. The number of hydrogen-bond acceptors (Lipinski definition) is 4. The van der Waals surface area contributed by atoms with Crippen LogP contribution in [0.25, 0.3) is 0 Å². The van der Waals surface area contributed by atoms with Gasteiger partial charge >= 0.3 is 5.97 Å². The molecule has 0 aromatic heterocycles. The Hall–Kier alpha value is -0.570. The molecule has 154 valence electrons. The first-order valence-electron chi connectivity index (χ1n) is 9.91. The summed E-state index contributed by atoms with van der Waals surface area (Å²) in [5.74, 6) is 0.803. The van der Waals surface area contributed by atoms with E-state index in [4.69, 9.17) is 9.47 Å². The van der Waals surface area contributed by atoms with Gasteiger partial charge in [0, 0.05) is 26.1 Å². The molecule has 0 aromatic rings. The highest BCUT2D eigenvalue weighted by molar-refractivity contribution is 14.0. The third-order valence-electron chi connectivity index (χ3n) is 4.37. The highest BCUT2D eigenvalue weighted by Gasteiger charge is 2.29. The van der Waals surface area contributed by atoms with Crippen LogP contribution in [0.15, 0.2) is 4.99 Å². The van der Waals surface area contributed by atoms with E-state index in [1.807, 2.05) is 6.92 Å². The molecule has 0 spiro atoms. The summed E-state index contributed by atoms with van der Waals surface area (Å²) in [4.78, 5) is 15.9. The van der Waals surface area contributed by atoms with Gasteiger partial charge in [-0.25, -0.2) is 0 Å². The summed E-state index contributed by atoms with van der Waals surface area (Å²) in [6, 6.07) is 0. The zero-order valence-corrected chi connectivity index (χ0v) is 19.1. The Morgan fingerprint density at radius 2 is 1.88 bits per heavy atom. The second-order valence-corrected chi connectivity index (χ2v) is 6.85. The third-order valence-corrected chi connectivity index (χ3v) is 4.37. The van der Waals surface area contributed by atoms with Gasteiger partial charge in [-0.3, -0.25) is 9.79 Å². The number of hydrogen-bond donors (Lipinski definition) is 2. The Labute approximate surface area is 176 Å². The van der Waals surface area contributed by atoms with Crippen molar-refractivity contribution in [2.24, 2.45) is 4.99 Å². The van der Waals surface area contributed by atoms with Crippen LogP contribution < -0.4 is 10.6 Å². The Balaban J connectivity index is 0.00000625. The second-order valence-electron chi connectivity index (χ2n) is 6.85. The average molecular weight is 483 g/mol. The van der Waals surface area contributed by atoms with Crippen molar-refractivity contribution >= 4 is 35.9 Å². The lowest BCUT2D eigenvalue weighted by Crippen LogP contribution is -2.39. The lowest BCUT2D eigenvalue weighted by molar-refractivity contribution is -0.143. The van der Waals surface area contributed by atoms with Gasteiger partial charge in [0.05, 0.1) is 18.8 Å².